The number of carbonyl (C=O) groups excluding carboxylic acids is 1. The zero-order valence-electron chi connectivity index (χ0n) is 9.06. The first-order valence-corrected chi connectivity index (χ1v) is 6.04. The Kier molecular flexibility index (Phi) is 3.22. The molecule has 1 atom stereocenters. The van der Waals surface area contributed by atoms with Crippen molar-refractivity contribution in [1.29, 1.82) is 5.26 Å². The lowest BCUT2D eigenvalue weighted by Gasteiger charge is -2.11. The van der Waals surface area contributed by atoms with Gasteiger partial charge in [0.1, 0.15) is 6.07 Å². The summed E-state index contributed by atoms with van der Waals surface area (Å²) in [4.78, 5) is 14.4. The van der Waals surface area contributed by atoms with Crippen LogP contribution < -0.4 is 5.32 Å². The van der Waals surface area contributed by atoms with E-state index in [4.69, 9.17) is 5.26 Å². The average Bonchev–Trinajstić information content (AvgIpc) is 2.86. The molecule has 1 saturated heterocycles. The van der Waals surface area contributed by atoms with Crippen LogP contribution in [0.3, 0.4) is 0 Å². The first kappa shape index (κ1) is 11.1. The van der Waals surface area contributed by atoms with E-state index in [1.807, 2.05) is 18.5 Å². The number of nitrogens with zero attached hydrogens (tertiary/aromatic N) is 2. The Labute approximate surface area is 98.5 Å². The Morgan fingerprint density at radius 3 is 3.12 bits per heavy atom. The van der Waals surface area contributed by atoms with Crippen LogP contribution in [0.1, 0.15) is 16.9 Å². The first-order chi connectivity index (χ1) is 7.70. The maximum atomic E-state index is 11.6. The number of amides is 1. The van der Waals surface area contributed by atoms with Crippen molar-refractivity contribution in [2.45, 2.75) is 19.0 Å². The van der Waals surface area contributed by atoms with Gasteiger partial charge < -0.3 is 10.2 Å². The molecule has 16 heavy (non-hydrogen) atoms. The molecule has 0 aromatic carbocycles. The molecule has 2 rings (SSSR count). The van der Waals surface area contributed by atoms with Crippen LogP contribution in [-0.2, 0) is 11.3 Å². The number of thiophene rings is 1. The summed E-state index contributed by atoms with van der Waals surface area (Å²) in [6.07, 6.45) is 0.867. The molecule has 5 heteroatoms. The molecule has 0 radical (unpaired) electrons. The summed E-state index contributed by atoms with van der Waals surface area (Å²) in [7, 11) is 1.82. The summed E-state index contributed by atoms with van der Waals surface area (Å²) in [5.74, 6) is 0.164. The highest BCUT2D eigenvalue weighted by Crippen LogP contribution is 2.15. The highest BCUT2D eigenvalue weighted by atomic mass is 32.1. The molecule has 4 nitrogen and oxygen atoms in total. The lowest BCUT2D eigenvalue weighted by atomic mass is 10.2. The van der Waals surface area contributed by atoms with E-state index in [2.05, 4.69) is 11.4 Å². The van der Waals surface area contributed by atoms with Crippen molar-refractivity contribution < 1.29 is 4.79 Å². The average molecular weight is 235 g/mol. The second-order valence-electron chi connectivity index (χ2n) is 3.90. The van der Waals surface area contributed by atoms with Crippen molar-refractivity contribution in [3.63, 3.8) is 0 Å². The normalized spacial score (nSPS) is 20.1. The van der Waals surface area contributed by atoms with E-state index in [0.29, 0.717) is 12.1 Å². The molecular formula is C11H13N3OS. The van der Waals surface area contributed by atoms with Crippen molar-refractivity contribution in [1.82, 2.24) is 10.2 Å². The Morgan fingerprint density at radius 1 is 1.75 bits per heavy atom. The summed E-state index contributed by atoms with van der Waals surface area (Å²) < 4.78 is 0. The van der Waals surface area contributed by atoms with Gasteiger partial charge in [-0.1, -0.05) is 0 Å². The Balaban J connectivity index is 1.88. The summed E-state index contributed by atoms with van der Waals surface area (Å²) in [6.45, 7) is 1.49. The van der Waals surface area contributed by atoms with Crippen molar-refractivity contribution in [2.24, 2.45) is 0 Å². The van der Waals surface area contributed by atoms with Crippen molar-refractivity contribution in [3.8, 4) is 6.07 Å². The molecule has 0 bridgehead atoms. The number of likely N-dealkylation sites (tertiary alicyclic amines) is 1. The van der Waals surface area contributed by atoms with Crippen LogP contribution in [0.5, 0.6) is 0 Å². The highest BCUT2D eigenvalue weighted by Gasteiger charge is 2.28. The number of hydrogen-bond donors (Lipinski definition) is 1. The Morgan fingerprint density at radius 2 is 2.56 bits per heavy atom. The van der Waals surface area contributed by atoms with Gasteiger partial charge in [0.2, 0.25) is 5.91 Å². The Hall–Kier alpha value is -1.38. The van der Waals surface area contributed by atoms with Gasteiger partial charge in [0, 0.05) is 30.4 Å². The SMILES string of the molecule is CN1CCC(NCc2cc(C#N)cs2)C1=O. The van der Waals surface area contributed by atoms with Gasteiger partial charge in [-0.25, -0.2) is 0 Å². The van der Waals surface area contributed by atoms with E-state index in [9.17, 15) is 4.79 Å². The van der Waals surface area contributed by atoms with Gasteiger partial charge in [-0.2, -0.15) is 5.26 Å². The molecule has 0 spiro atoms. The van der Waals surface area contributed by atoms with E-state index < -0.39 is 0 Å². The van der Waals surface area contributed by atoms with E-state index >= 15 is 0 Å². The van der Waals surface area contributed by atoms with Crippen LogP contribution in [0.15, 0.2) is 11.4 Å². The number of nitrogens with one attached hydrogen (secondary N) is 1. The molecule has 1 aliphatic rings. The van der Waals surface area contributed by atoms with E-state index in [1.54, 1.807) is 16.2 Å². The fraction of sp³-hybridized carbons (Fsp3) is 0.455. The van der Waals surface area contributed by atoms with Gasteiger partial charge in [-0.05, 0) is 12.5 Å². The summed E-state index contributed by atoms with van der Waals surface area (Å²) >= 11 is 1.55. The monoisotopic (exact) mass is 235 g/mol. The first-order valence-electron chi connectivity index (χ1n) is 5.16. The van der Waals surface area contributed by atoms with Gasteiger partial charge in [-0.3, -0.25) is 4.79 Å². The Bertz CT molecular complexity index is 435. The molecule has 2 heterocycles. The zero-order chi connectivity index (χ0) is 11.5. The lowest BCUT2D eigenvalue weighted by Crippen LogP contribution is -2.36. The standard InChI is InChI=1S/C11H13N3OS/c1-14-3-2-10(11(14)15)13-6-9-4-8(5-12)7-16-9/h4,7,10,13H,2-3,6H2,1H3. The van der Waals surface area contributed by atoms with E-state index in [0.717, 1.165) is 17.8 Å². The van der Waals surface area contributed by atoms with Gasteiger partial charge in [0.15, 0.2) is 0 Å². The number of carbonyl (C=O) groups is 1. The third kappa shape index (κ3) is 2.23. The predicted molar refractivity (Wildman–Crippen MR) is 61.9 cm³/mol. The maximum Gasteiger partial charge on any atom is 0.239 e. The minimum absolute atomic E-state index is 0.0577. The molecule has 1 aromatic heterocycles. The molecule has 1 N–H and O–H groups in total. The van der Waals surface area contributed by atoms with Crippen LogP contribution in [0, 0.1) is 11.3 Å². The summed E-state index contributed by atoms with van der Waals surface area (Å²) in [5, 5.41) is 13.7. The molecule has 0 saturated carbocycles. The number of hydrogen-bond acceptors (Lipinski definition) is 4. The molecule has 84 valence electrons. The van der Waals surface area contributed by atoms with E-state index in [-0.39, 0.29) is 11.9 Å². The fourth-order valence-electron chi connectivity index (χ4n) is 1.77. The minimum atomic E-state index is -0.0577. The molecule has 1 amide bonds. The molecular weight excluding hydrogens is 222 g/mol. The highest BCUT2D eigenvalue weighted by molar-refractivity contribution is 7.10. The maximum absolute atomic E-state index is 11.6. The summed E-state index contributed by atoms with van der Waals surface area (Å²) in [5.41, 5.74) is 0.691. The van der Waals surface area contributed by atoms with E-state index in [1.165, 1.54) is 0 Å². The number of rotatable bonds is 3. The molecule has 1 aromatic rings. The second kappa shape index (κ2) is 4.64. The number of nitriles is 1. The smallest absolute Gasteiger partial charge is 0.239 e. The lowest BCUT2D eigenvalue weighted by molar-refractivity contribution is -0.128. The zero-order valence-corrected chi connectivity index (χ0v) is 9.88. The minimum Gasteiger partial charge on any atom is -0.344 e. The predicted octanol–water partition coefficient (Wildman–Crippen LogP) is 0.940. The third-order valence-corrected chi connectivity index (χ3v) is 3.67. The summed E-state index contributed by atoms with van der Waals surface area (Å²) in [6, 6.07) is 3.90. The topological polar surface area (TPSA) is 56.1 Å². The molecule has 1 fully saturated rings. The fourth-order valence-corrected chi connectivity index (χ4v) is 2.53. The van der Waals surface area contributed by atoms with Crippen LogP contribution in [0.2, 0.25) is 0 Å². The van der Waals surface area contributed by atoms with Crippen molar-refractivity contribution >= 4 is 17.2 Å². The van der Waals surface area contributed by atoms with Crippen molar-refractivity contribution in [3.05, 3.63) is 21.9 Å². The molecule has 1 aliphatic heterocycles. The van der Waals surface area contributed by atoms with Gasteiger partial charge in [0.05, 0.1) is 11.6 Å². The molecule has 0 aliphatic carbocycles. The van der Waals surface area contributed by atoms with Gasteiger partial charge >= 0.3 is 0 Å². The number of likely N-dealkylation sites (N-methyl/N-ethyl adjacent to an activating group) is 1. The van der Waals surface area contributed by atoms with Gasteiger partial charge in [-0.15, -0.1) is 11.3 Å². The van der Waals surface area contributed by atoms with Crippen LogP contribution in [0.25, 0.3) is 0 Å². The van der Waals surface area contributed by atoms with Crippen LogP contribution in [-0.4, -0.2) is 30.4 Å². The van der Waals surface area contributed by atoms with Crippen LogP contribution >= 0.6 is 11.3 Å². The second-order valence-corrected chi connectivity index (χ2v) is 4.89. The quantitative estimate of drug-likeness (QED) is 0.848. The van der Waals surface area contributed by atoms with Gasteiger partial charge in [0.25, 0.3) is 0 Å². The van der Waals surface area contributed by atoms with Crippen molar-refractivity contribution in [2.75, 3.05) is 13.6 Å². The molecule has 1 unspecified atom stereocenters. The van der Waals surface area contributed by atoms with Crippen LogP contribution in [0.4, 0.5) is 0 Å². The third-order valence-electron chi connectivity index (χ3n) is 2.73. The largest absolute Gasteiger partial charge is 0.344 e.